The molecule has 0 spiro atoms. The fourth-order valence-corrected chi connectivity index (χ4v) is 4.63. The van der Waals surface area contributed by atoms with Crippen LogP contribution >= 0.6 is 0 Å². The van der Waals surface area contributed by atoms with Gasteiger partial charge in [0.2, 0.25) is 5.91 Å². The summed E-state index contributed by atoms with van der Waals surface area (Å²) in [5.74, 6) is -1.04. The first-order valence-corrected chi connectivity index (χ1v) is 12.4. The highest BCUT2D eigenvalue weighted by atomic mass is 16.2. The maximum atomic E-state index is 13.2. The van der Waals surface area contributed by atoms with E-state index < -0.39 is 12.1 Å². The molecule has 1 fully saturated rings. The second kappa shape index (κ2) is 12.0. The molecular formula is C30H33N3O3. The molecule has 4 rings (SSSR count). The molecule has 6 nitrogen and oxygen atoms in total. The third-order valence-corrected chi connectivity index (χ3v) is 6.50. The quantitative estimate of drug-likeness (QED) is 0.508. The van der Waals surface area contributed by atoms with Crippen molar-refractivity contribution < 1.29 is 14.4 Å². The molecule has 3 aromatic carbocycles. The lowest BCUT2D eigenvalue weighted by molar-refractivity contribution is -0.129. The van der Waals surface area contributed by atoms with Crippen LogP contribution in [0, 0.1) is 19.8 Å². The van der Waals surface area contributed by atoms with Crippen LogP contribution in [0.15, 0.2) is 72.8 Å². The SMILES string of the molecule is [CH2]C([CH2])CC(NC(=O)c1ccc2ccccc2c1)C(=O)N[C@H]1CCCN(Cc2ccccc2)CC1=O. The fraction of sp³-hybridized carbons (Fsp3) is 0.300. The van der Waals surface area contributed by atoms with Crippen LogP contribution in [0.4, 0.5) is 0 Å². The minimum atomic E-state index is -0.833. The van der Waals surface area contributed by atoms with Crippen LogP contribution in [-0.2, 0) is 16.1 Å². The van der Waals surface area contributed by atoms with Crippen molar-refractivity contribution in [2.75, 3.05) is 13.1 Å². The zero-order valence-corrected chi connectivity index (χ0v) is 20.5. The minimum Gasteiger partial charge on any atom is -0.344 e. The van der Waals surface area contributed by atoms with Gasteiger partial charge in [0.15, 0.2) is 5.78 Å². The summed E-state index contributed by atoms with van der Waals surface area (Å²) in [4.78, 5) is 41.3. The van der Waals surface area contributed by atoms with Crippen LogP contribution in [-0.4, -0.2) is 47.7 Å². The molecule has 1 saturated heterocycles. The Morgan fingerprint density at radius 1 is 0.972 bits per heavy atom. The highest BCUT2D eigenvalue weighted by Gasteiger charge is 2.30. The summed E-state index contributed by atoms with van der Waals surface area (Å²) in [6, 6.07) is 21.9. The van der Waals surface area contributed by atoms with Crippen molar-refractivity contribution in [3.05, 3.63) is 97.8 Å². The first-order chi connectivity index (χ1) is 17.4. The normalized spacial score (nSPS) is 17.5. The largest absolute Gasteiger partial charge is 0.344 e. The lowest BCUT2D eigenvalue weighted by Crippen LogP contribution is -2.52. The lowest BCUT2D eigenvalue weighted by Gasteiger charge is -2.23. The fourth-order valence-electron chi connectivity index (χ4n) is 4.63. The van der Waals surface area contributed by atoms with Gasteiger partial charge in [-0.15, -0.1) is 0 Å². The van der Waals surface area contributed by atoms with Gasteiger partial charge >= 0.3 is 0 Å². The lowest BCUT2D eigenvalue weighted by atomic mass is 10.0. The average molecular weight is 484 g/mol. The molecule has 1 aliphatic heterocycles. The van der Waals surface area contributed by atoms with E-state index in [9.17, 15) is 14.4 Å². The van der Waals surface area contributed by atoms with Gasteiger partial charge in [-0.1, -0.05) is 74.5 Å². The van der Waals surface area contributed by atoms with E-state index >= 15 is 0 Å². The average Bonchev–Trinajstić information content (AvgIpc) is 3.04. The summed E-state index contributed by atoms with van der Waals surface area (Å²) in [6.45, 7) is 9.55. The van der Waals surface area contributed by atoms with E-state index in [-0.39, 0.29) is 36.5 Å². The molecule has 1 aliphatic rings. The van der Waals surface area contributed by atoms with Gasteiger partial charge < -0.3 is 10.6 Å². The van der Waals surface area contributed by atoms with Gasteiger partial charge in [0, 0.05) is 12.1 Å². The highest BCUT2D eigenvalue weighted by molar-refractivity contribution is 6.01. The van der Waals surface area contributed by atoms with Gasteiger partial charge in [-0.05, 0) is 60.2 Å². The number of fused-ring (bicyclic) bond motifs is 1. The van der Waals surface area contributed by atoms with Gasteiger partial charge in [-0.25, -0.2) is 0 Å². The third-order valence-electron chi connectivity index (χ3n) is 6.50. The molecule has 3 aromatic rings. The zero-order chi connectivity index (χ0) is 25.5. The van der Waals surface area contributed by atoms with Crippen molar-refractivity contribution in [3.63, 3.8) is 0 Å². The number of likely N-dealkylation sites (tertiary alicyclic amines) is 1. The second-order valence-electron chi connectivity index (χ2n) is 9.56. The predicted molar refractivity (Wildman–Crippen MR) is 142 cm³/mol. The predicted octanol–water partition coefficient (Wildman–Crippen LogP) is 3.96. The number of amides is 2. The topological polar surface area (TPSA) is 78.5 Å². The number of benzene rings is 3. The van der Waals surface area contributed by atoms with E-state index in [4.69, 9.17) is 0 Å². The summed E-state index contributed by atoms with van der Waals surface area (Å²) in [7, 11) is 0. The van der Waals surface area contributed by atoms with E-state index in [0.717, 1.165) is 29.3 Å². The van der Waals surface area contributed by atoms with Gasteiger partial charge in [0.25, 0.3) is 5.91 Å². The maximum absolute atomic E-state index is 13.2. The third kappa shape index (κ3) is 6.79. The van der Waals surface area contributed by atoms with Crippen LogP contribution in [0.1, 0.15) is 35.2 Å². The summed E-state index contributed by atoms with van der Waals surface area (Å²) in [6.07, 6.45) is 1.64. The van der Waals surface area contributed by atoms with Crippen molar-refractivity contribution in [1.82, 2.24) is 15.5 Å². The van der Waals surface area contributed by atoms with E-state index in [1.807, 2.05) is 66.7 Å². The molecule has 0 saturated carbocycles. The van der Waals surface area contributed by atoms with Crippen molar-refractivity contribution in [2.45, 2.75) is 37.9 Å². The van der Waals surface area contributed by atoms with Crippen LogP contribution in [0.25, 0.3) is 10.8 Å². The van der Waals surface area contributed by atoms with Gasteiger partial charge in [0.05, 0.1) is 12.6 Å². The standard InChI is InChI=1S/C30H33N3O3/c1-21(2)17-27(32-29(35)25-15-14-23-11-6-7-12-24(23)18-25)30(36)31-26-13-8-16-33(20-28(26)34)19-22-9-4-3-5-10-22/h3-7,9-12,14-15,18,21,26-27H,1-2,8,13,16-17,19-20H2,(H,31,36)(H,32,35)/t26-,27?/m0/s1. The monoisotopic (exact) mass is 483 g/mol. The van der Waals surface area contributed by atoms with E-state index in [1.165, 1.54) is 0 Å². The Labute approximate surface area is 213 Å². The first-order valence-electron chi connectivity index (χ1n) is 12.4. The van der Waals surface area contributed by atoms with Crippen molar-refractivity contribution in [3.8, 4) is 0 Å². The van der Waals surface area contributed by atoms with Crippen molar-refractivity contribution in [1.29, 1.82) is 0 Å². The van der Waals surface area contributed by atoms with Gasteiger partial charge in [-0.2, -0.15) is 0 Å². The summed E-state index contributed by atoms with van der Waals surface area (Å²) >= 11 is 0. The number of Topliss-reactive ketones (excluding diaryl/α,β-unsaturated/α-hetero) is 1. The van der Waals surface area contributed by atoms with Gasteiger partial charge in [-0.3, -0.25) is 19.3 Å². The second-order valence-corrected chi connectivity index (χ2v) is 9.56. The van der Waals surface area contributed by atoms with E-state index in [0.29, 0.717) is 18.5 Å². The molecule has 0 aromatic heterocycles. The highest BCUT2D eigenvalue weighted by Crippen LogP contribution is 2.17. The molecule has 36 heavy (non-hydrogen) atoms. The van der Waals surface area contributed by atoms with Gasteiger partial charge in [0.1, 0.15) is 6.04 Å². The van der Waals surface area contributed by atoms with Crippen LogP contribution in [0.5, 0.6) is 0 Å². The van der Waals surface area contributed by atoms with Crippen molar-refractivity contribution >= 4 is 28.4 Å². The zero-order valence-electron chi connectivity index (χ0n) is 20.5. The minimum absolute atomic E-state index is 0.0165. The number of carbonyl (C=O) groups is 3. The summed E-state index contributed by atoms with van der Waals surface area (Å²) in [5, 5.41) is 7.72. The molecule has 0 bridgehead atoms. The summed E-state index contributed by atoms with van der Waals surface area (Å²) < 4.78 is 0. The molecule has 2 radical (unpaired) electrons. The summed E-state index contributed by atoms with van der Waals surface area (Å²) in [5.41, 5.74) is 1.62. The molecule has 1 unspecified atom stereocenters. The van der Waals surface area contributed by atoms with Crippen molar-refractivity contribution in [2.24, 2.45) is 5.92 Å². The molecule has 186 valence electrons. The first kappa shape index (κ1) is 25.6. The number of carbonyl (C=O) groups excluding carboxylic acids is 3. The Bertz CT molecular complexity index is 1210. The van der Waals surface area contributed by atoms with Crippen LogP contribution in [0.2, 0.25) is 0 Å². The number of nitrogens with one attached hydrogen (secondary N) is 2. The Morgan fingerprint density at radius 3 is 2.44 bits per heavy atom. The number of nitrogens with zero attached hydrogens (tertiary/aromatic N) is 1. The number of hydrogen-bond donors (Lipinski definition) is 2. The Morgan fingerprint density at radius 2 is 1.69 bits per heavy atom. The number of rotatable bonds is 8. The molecule has 1 heterocycles. The Balaban J connectivity index is 1.40. The number of ketones is 1. The van der Waals surface area contributed by atoms with E-state index in [2.05, 4.69) is 29.4 Å². The molecule has 2 amide bonds. The Hall–Kier alpha value is -3.51. The smallest absolute Gasteiger partial charge is 0.251 e. The van der Waals surface area contributed by atoms with Crippen LogP contribution in [0.3, 0.4) is 0 Å². The molecular weight excluding hydrogens is 450 g/mol. The number of hydrogen-bond acceptors (Lipinski definition) is 4. The molecule has 2 atom stereocenters. The molecule has 6 heteroatoms. The molecule has 0 aliphatic carbocycles. The Kier molecular flexibility index (Phi) is 8.49. The van der Waals surface area contributed by atoms with E-state index in [1.54, 1.807) is 6.07 Å². The molecule has 2 N–H and O–H groups in total. The van der Waals surface area contributed by atoms with Crippen LogP contribution < -0.4 is 10.6 Å². The maximum Gasteiger partial charge on any atom is 0.251 e.